The van der Waals surface area contributed by atoms with Gasteiger partial charge in [0.15, 0.2) is 0 Å². The lowest BCUT2D eigenvalue weighted by atomic mass is 9.82. The Hall–Kier alpha value is -7.54. The molecular formula is C71H60. The molecule has 344 valence electrons. The van der Waals surface area contributed by atoms with E-state index < -0.39 is 0 Å². The molecule has 0 aliphatic rings. The summed E-state index contributed by atoms with van der Waals surface area (Å²) in [7, 11) is 0. The van der Waals surface area contributed by atoms with Crippen LogP contribution in [0.15, 0.2) is 164 Å². The fourth-order valence-corrected chi connectivity index (χ4v) is 13.1. The fourth-order valence-electron chi connectivity index (χ4n) is 13.1. The Morgan fingerprint density at radius 1 is 0.254 bits per heavy atom. The minimum Gasteiger partial charge on any atom is -0.0622 e. The second-order valence-electron chi connectivity index (χ2n) is 23.1. The molecule has 0 saturated carbocycles. The van der Waals surface area contributed by atoms with Crippen LogP contribution in [0.1, 0.15) is 80.5 Å². The molecule has 0 spiro atoms. The maximum Gasteiger partial charge on any atom is -0.000697 e. The van der Waals surface area contributed by atoms with Crippen molar-refractivity contribution < 1.29 is 0 Å². The molecule has 13 aromatic rings. The van der Waals surface area contributed by atoms with Gasteiger partial charge in [0.2, 0.25) is 0 Å². The first-order chi connectivity index (χ1) is 34.0. The number of rotatable bonds is 4. The van der Waals surface area contributed by atoms with E-state index in [0.717, 1.165) is 0 Å². The van der Waals surface area contributed by atoms with Gasteiger partial charge in [-0.2, -0.15) is 0 Å². The van der Waals surface area contributed by atoms with Crippen LogP contribution in [-0.2, 0) is 10.8 Å². The van der Waals surface area contributed by atoms with Crippen LogP contribution >= 0.6 is 0 Å². The number of aryl methyl sites for hydroxylation is 5. The highest BCUT2D eigenvalue weighted by molar-refractivity contribution is 6.46. The summed E-state index contributed by atoms with van der Waals surface area (Å²) in [4.78, 5) is 0. The third-order valence-electron chi connectivity index (χ3n) is 16.3. The predicted octanol–water partition coefficient (Wildman–Crippen LogP) is 20.6. The van der Waals surface area contributed by atoms with Gasteiger partial charge in [-0.25, -0.2) is 0 Å². The van der Waals surface area contributed by atoms with Crippen LogP contribution in [0, 0.1) is 34.6 Å². The predicted molar refractivity (Wildman–Crippen MR) is 312 cm³/mol. The van der Waals surface area contributed by atoms with Crippen LogP contribution in [0.5, 0.6) is 0 Å². The van der Waals surface area contributed by atoms with Crippen LogP contribution in [-0.4, -0.2) is 0 Å². The van der Waals surface area contributed by atoms with Gasteiger partial charge in [0, 0.05) is 0 Å². The summed E-state index contributed by atoms with van der Waals surface area (Å²) in [5, 5.41) is 21.1. The molecule has 0 radical (unpaired) electrons. The third-order valence-corrected chi connectivity index (χ3v) is 16.3. The second kappa shape index (κ2) is 15.2. The van der Waals surface area contributed by atoms with Crippen LogP contribution < -0.4 is 0 Å². The fraction of sp³-hybridized carbons (Fsp3) is 0.183. The van der Waals surface area contributed by atoms with Crippen LogP contribution in [0.3, 0.4) is 0 Å². The Bertz CT molecular complexity index is 4310. The Morgan fingerprint density at radius 3 is 1.32 bits per heavy atom. The van der Waals surface area contributed by atoms with E-state index in [2.05, 4.69) is 240 Å². The van der Waals surface area contributed by atoms with Gasteiger partial charge in [0.25, 0.3) is 0 Å². The highest BCUT2D eigenvalue weighted by atomic mass is 14.3. The molecule has 0 aliphatic heterocycles. The minimum atomic E-state index is 0.0875. The van der Waals surface area contributed by atoms with Crippen molar-refractivity contribution in [2.45, 2.75) is 87.0 Å². The molecule has 0 nitrogen and oxygen atoms in total. The Kier molecular flexibility index (Phi) is 9.33. The van der Waals surface area contributed by atoms with Crippen molar-refractivity contribution in [3.63, 3.8) is 0 Å². The van der Waals surface area contributed by atoms with Gasteiger partial charge in [0.05, 0.1) is 0 Å². The summed E-state index contributed by atoms with van der Waals surface area (Å²) in [6, 6.07) is 63.8. The molecule has 13 aromatic carbocycles. The van der Waals surface area contributed by atoms with Crippen LogP contribution in [0.25, 0.3) is 131 Å². The van der Waals surface area contributed by atoms with Gasteiger partial charge in [-0.05, 0) is 239 Å². The van der Waals surface area contributed by atoms with E-state index in [4.69, 9.17) is 0 Å². The van der Waals surface area contributed by atoms with Gasteiger partial charge in [0.1, 0.15) is 0 Å². The summed E-state index contributed by atoms with van der Waals surface area (Å²) in [5.74, 6) is 0. The smallest absolute Gasteiger partial charge is 0.000697 e. The molecule has 0 aromatic heterocycles. The average molecular weight is 913 g/mol. The highest BCUT2D eigenvalue weighted by Crippen LogP contribution is 2.56. The molecule has 0 N–H and O–H groups in total. The monoisotopic (exact) mass is 912 g/mol. The number of fused-ring (bicyclic) bond motifs is 10. The topological polar surface area (TPSA) is 0 Å². The van der Waals surface area contributed by atoms with Crippen molar-refractivity contribution >= 4 is 86.2 Å². The molecular weight excluding hydrogens is 853 g/mol. The van der Waals surface area contributed by atoms with E-state index in [1.165, 1.54) is 170 Å². The van der Waals surface area contributed by atoms with E-state index in [1.54, 1.807) is 0 Å². The second-order valence-corrected chi connectivity index (χ2v) is 23.1. The average Bonchev–Trinajstić information content (AvgIpc) is 3.83. The van der Waals surface area contributed by atoms with Crippen molar-refractivity contribution in [2.75, 3.05) is 0 Å². The normalized spacial score (nSPS) is 12.7. The maximum absolute atomic E-state index is 2.57. The number of benzene rings is 11. The largest absolute Gasteiger partial charge is 0.0622 e. The Balaban J connectivity index is 1.18. The van der Waals surface area contributed by atoms with Crippen molar-refractivity contribution in [3.8, 4) is 44.5 Å². The molecule has 0 saturated heterocycles. The van der Waals surface area contributed by atoms with Crippen molar-refractivity contribution in [2.24, 2.45) is 0 Å². The lowest BCUT2D eigenvalue weighted by molar-refractivity contribution is 0.589. The lowest BCUT2D eigenvalue weighted by Crippen LogP contribution is -2.12. The van der Waals surface area contributed by atoms with E-state index in [0.29, 0.717) is 0 Å². The van der Waals surface area contributed by atoms with E-state index in [1.807, 2.05) is 0 Å². The first kappa shape index (κ1) is 43.5. The van der Waals surface area contributed by atoms with Gasteiger partial charge < -0.3 is 0 Å². The molecule has 71 heavy (non-hydrogen) atoms. The van der Waals surface area contributed by atoms with Crippen molar-refractivity contribution in [1.82, 2.24) is 0 Å². The quantitative estimate of drug-likeness (QED) is 0.154. The Labute approximate surface area is 418 Å². The first-order valence-electron chi connectivity index (χ1n) is 25.7. The first-order valence-corrected chi connectivity index (χ1v) is 25.7. The van der Waals surface area contributed by atoms with Crippen molar-refractivity contribution in [3.05, 3.63) is 203 Å². The minimum absolute atomic E-state index is 0.0875. The maximum atomic E-state index is 2.57. The highest BCUT2D eigenvalue weighted by Gasteiger charge is 2.28. The van der Waals surface area contributed by atoms with E-state index in [-0.39, 0.29) is 10.8 Å². The van der Waals surface area contributed by atoms with E-state index in [9.17, 15) is 0 Å². The van der Waals surface area contributed by atoms with Gasteiger partial charge in [-0.1, -0.05) is 181 Å². The molecule has 0 unspecified atom stereocenters. The standard InChI is InChI=1S/C71H60/c1-39-29-56-54-36-47(61-40(2)31-49(32-41(61)3)70(6,7)8)26-25-46(54)35-59-66(56)58(30-39)68-63(44-19-14-12-15-20-44)60-38-57-51-28-27-48(62-42(4)33-50(34-43(62)5)71(9,10)11)37-55(51)52-23-18-24-53(65(52)57)67(60)64(69(59)68)45-21-16-13-17-22-45/h12-38H,1-11H3. The molecule has 0 fully saturated rings. The van der Waals surface area contributed by atoms with Gasteiger partial charge in [-0.3, -0.25) is 0 Å². The van der Waals surface area contributed by atoms with Crippen LogP contribution in [0.2, 0.25) is 0 Å². The van der Waals surface area contributed by atoms with E-state index >= 15 is 0 Å². The van der Waals surface area contributed by atoms with Gasteiger partial charge >= 0.3 is 0 Å². The zero-order valence-corrected chi connectivity index (χ0v) is 43.1. The molecule has 0 amide bonds. The molecule has 0 aliphatic carbocycles. The molecule has 0 bridgehead atoms. The summed E-state index contributed by atoms with van der Waals surface area (Å²) < 4.78 is 0. The summed E-state index contributed by atoms with van der Waals surface area (Å²) in [6.07, 6.45) is 0. The zero-order valence-electron chi connectivity index (χ0n) is 43.1. The summed E-state index contributed by atoms with van der Waals surface area (Å²) in [6.45, 7) is 25.3. The Morgan fingerprint density at radius 2 is 0.732 bits per heavy atom. The van der Waals surface area contributed by atoms with Gasteiger partial charge in [-0.15, -0.1) is 0 Å². The third kappa shape index (κ3) is 6.43. The molecule has 0 heterocycles. The summed E-state index contributed by atoms with van der Waals surface area (Å²) in [5.41, 5.74) is 19.9. The SMILES string of the molecule is Cc1cc2c3cc(-c4c(C)cc(C(C)(C)C)cc4C)ccc3cc3c4c(-c5ccccc5)c5c(cc6c7ccc(-c8c(C)cc(C(C)(C)C)cc8C)cc7c7cccc5c76)c(-c5ccccc5)c4c(c1)c23. The van der Waals surface area contributed by atoms with Crippen molar-refractivity contribution in [1.29, 1.82) is 0 Å². The molecule has 0 atom stereocenters. The molecule has 0 heteroatoms. The van der Waals surface area contributed by atoms with Crippen LogP contribution in [0.4, 0.5) is 0 Å². The summed E-state index contributed by atoms with van der Waals surface area (Å²) >= 11 is 0. The number of hydrogen-bond acceptors (Lipinski definition) is 0. The molecule has 13 rings (SSSR count). The number of hydrogen-bond donors (Lipinski definition) is 0. The zero-order chi connectivity index (χ0) is 49.0. The lowest BCUT2D eigenvalue weighted by Gasteiger charge is -2.22.